The maximum absolute atomic E-state index is 11.3. The third kappa shape index (κ3) is 1.87. The summed E-state index contributed by atoms with van der Waals surface area (Å²) < 4.78 is 0. The number of Topliss-reactive ketones (excluding diaryl/α,β-unsaturated/α-hetero) is 1. The van der Waals surface area contributed by atoms with Crippen LogP contribution < -0.4 is 0 Å². The molecule has 1 aliphatic rings. The molecule has 0 aliphatic heterocycles. The van der Waals surface area contributed by atoms with Crippen molar-refractivity contribution in [3.8, 4) is 0 Å². The van der Waals surface area contributed by atoms with E-state index in [1.165, 1.54) is 0 Å². The van der Waals surface area contributed by atoms with Crippen molar-refractivity contribution in [1.29, 1.82) is 0 Å². The molecule has 0 heterocycles. The molecular formula is C10H16O2. The summed E-state index contributed by atoms with van der Waals surface area (Å²) in [5.74, 6) is 0.991. The maximum atomic E-state index is 11.3. The number of carbonyl (C=O) groups excluding carboxylic acids is 1. The Morgan fingerprint density at radius 1 is 1.67 bits per heavy atom. The predicted molar refractivity (Wildman–Crippen MR) is 48.0 cm³/mol. The van der Waals surface area contributed by atoms with Gasteiger partial charge in [0.25, 0.3) is 0 Å². The first kappa shape index (κ1) is 9.30. The van der Waals surface area contributed by atoms with E-state index in [1.54, 1.807) is 0 Å². The Morgan fingerprint density at radius 2 is 2.33 bits per heavy atom. The van der Waals surface area contributed by atoms with Gasteiger partial charge in [0.05, 0.1) is 5.76 Å². The summed E-state index contributed by atoms with van der Waals surface area (Å²) in [6.07, 6.45) is 2.92. The molecular weight excluding hydrogens is 152 g/mol. The molecule has 0 saturated heterocycles. The Labute approximate surface area is 73.3 Å². The third-order valence-corrected chi connectivity index (χ3v) is 2.44. The van der Waals surface area contributed by atoms with Gasteiger partial charge in [-0.15, -0.1) is 0 Å². The van der Waals surface area contributed by atoms with E-state index in [0.29, 0.717) is 30.1 Å². The fraction of sp³-hybridized carbons (Fsp3) is 0.700. The van der Waals surface area contributed by atoms with Crippen LogP contribution in [-0.2, 0) is 4.79 Å². The number of hydrogen-bond donors (Lipinski definition) is 1. The largest absolute Gasteiger partial charge is 0.512 e. The number of hydrogen-bond acceptors (Lipinski definition) is 2. The van der Waals surface area contributed by atoms with Crippen molar-refractivity contribution in [3.63, 3.8) is 0 Å². The van der Waals surface area contributed by atoms with E-state index in [1.807, 2.05) is 6.92 Å². The van der Waals surface area contributed by atoms with Crippen molar-refractivity contribution in [2.24, 2.45) is 5.92 Å². The maximum Gasteiger partial charge on any atom is 0.162 e. The van der Waals surface area contributed by atoms with Crippen LogP contribution in [0, 0.1) is 5.92 Å². The molecule has 0 bridgehead atoms. The van der Waals surface area contributed by atoms with Crippen LogP contribution in [0.25, 0.3) is 0 Å². The Hall–Kier alpha value is -0.790. The quantitative estimate of drug-likeness (QED) is 0.482. The lowest BCUT2D eigenvalue weighted by atomic mass is 9.85. The monoisotopic (exact) mass is 168 g/mol. The summed E-state index contributed by atoms with van der Waals surface area (Å²) >= 11 is 0. The minimum Gasteiger partial charge on any atom is -0.512 e. The van der Waals surface area contributed by atoms with E-state index in [0.717, 1.165) is 12.8 Å². The molecule has 0 amide bonds. The van der Waals surface area contributed by atoms with Crippen LogP contribution in [0.2, 0.25) is 0 Å². The van der Waals surface area contributed by atoms with Crippen LogP contribution in [0.3, 0.4) is 0 Å². The first-order valence-electron chi connectivity index (χ1n) is 4.59. The number of aliphatic hydroxyl groups excluding tert-OH is 1. The molecule has 0 radical (unpaired) electrons. The molecule has 0 spiro atoms. The van der Waals surface area contributed by atoms with E-state index in [-0.39, 0.29) is 5.78 Å². The zero-order valence-electron chi connectivity index (χ0n) is 7.76. The van der Waals surface area contributed by atoms with Gasteiger partial charge in [-0.1, -0.05) is 13.8 Å². The number of ketones is 1. The second-order valence-corrected chi connectivity index (χ2v) is 3.55. The summed E-state index contributed by atoms with van der Waals surface area (Å²) in [5.41, 5.74) is 0.677. The lowest BCUT2D eigenvalue weighted by molar-refractivity contribution is -0.117. The van der Waals surface area contributed by atoms with E-state index in [9.17, 15) is 9.90 Å². The number of rotatable bonds is 1. The van der Waals surface area contributed by atoms with Crippen LogP contribution in [-0.4, -0.2) is 10.9 Å². The zero-order chi connectivity index (χ0) is 9.14. The van der Waals surface area contributed by atoms with Crippen molar-refractivity contribution in [3.05, 3.63) is 11.3 Å². The van der Waals surface area contributed by atoms with Gasteiger partial charge in [-0.2, -0.15) is 0 Å². The van der Waals surface area contributed by atoms with Gasteiger partial charge in [-0.25, -0.2) is 0 Å². The lowest BCUT2D eigenvalue weighted by Gasteiger charge is -2.20. The molecule has 0 aromatic carbocycles. The molecule has 2 heteroatoms. The fourth-order valence-electron chi connectivity index (χ4n) is 1.58. The van der Waals surface area contributed by atoms with Gasteiger partial charge in [0, 0.05) is 18.4 Å². The van der Waals surface area contributed by atoms with E-state index >= 15 is 0 Å². The smallest absolute Gasteiger partial charge is 0.162 e. The first-order chi connectivity index (χ1) is 5.65. The van der Waals surface area contributed by atoms with Crippen LogP contribution in [0.15, 0.2) is 11.3 Å². The molecule has 68 valence electrons. The SMILES string of the molecule is CCC(O)=C1CC(C)CCC1=O. The first-order valence-corrected chi connectivity index (χ1v) is 4.59. The van der Waals surface area contributed by atoms with Crippen molar-refractivity contribution >= 4 is 5.78 Å². The summed E-state index contributed by atoms with van der Waals surface area (Å²) in [4.78, 5) is 11.3. The van der Waals surface area contributed by atoms with Crippen LogP contribution >= 0.6 is 0 Å². The van der Waals surface area contributed by atoms with Crippen molar-refractivity contribution in [2.75, 3.05) is 0 Å². The minimum atomic E-state index is 0.146. The van der Waals surface area contributed by atoms with E-state index in [2.05, 4.69) is 6.92 Å². The molecule has 12 heavy (non-hydrogen) atoms. The molecule has 1 saturated carbocycles. The van der Waals surface area contributed by atoms with Crippen molar-refractivity contribution < 1.29 is 9.90 Å². The average Bonchev–Trinajstić information content (AvgIpc) is 2.08. The lowest BCUT2D eigenvalue weighted by Crippen LogP contribution is -2.16. The number of carbonyl (C=O) groups is 1. The summed E-state index contributed by atoms with van der Waals surface area (Å²) in [6.45, 7) is 3.99. The molecule has 2 nitrogen and oxygen atoms in total. The van der Waals surface area contributed by atoms with Gasteiger partial charge >= 0.3 is 0 Å². The molecule has 1 unspecified atom stereocenters. The highest BCUT2D eigenvalue weighted by atomic mass is 16.3. The predicted octanol–water partition coefficient (Wildman–Crippen LogP) is 2.60. The molecule has 1 fully saturated rings. The Bertz CT molecular complexity index is 216. The normalized spacial score (nSPS) is 28.8. The highest BCUT2D eigenvalue weighted by molar-refractivity contribution is 5.96. The van der Waals surface area contributed by atoms with Crippen LogP contribution in [0.5, 0.6) is 0 Å². The zero-order valence-corrected chi connectivity index (χ0v) is 7.76. The number of aliphatic hydroxyl groups is 1. The van der Waals surface area contributed by atoms with Gasteiger partial charge in [-0.05, 0) is 18.8 Å². The van der Waals surface area contributed by atoms with Gasteiger partial charge in [-0.3, -0.25) is 4.79 Å². The molecule has 1 rings (SSSR count). The van der Waals surface area contributed by atoms with Crippen LogP contribution in [0.4, 0.5) is 0 Å². The molecule has 0 aromatic heterocycles. The summed E-state index contributed by atoms with van der Waals surface area (Å²) in [5, 5.41) is 9.43. The fourth-order valence-corrected chi connectivity index (χ4v) is 1.58. The van der Waals surface area contributed by atoms with Gasteiger partial charge in [0.15, 0.2) is 5.78 Å². The van der Waals surface area contributed by atoms with Gasteiger partial charge in [0.2, 0.25) is 0 Å². The highest BCUT2D eigenvalue weighted by Gasteiger charge is 2.22. The summed E-state index contributed by atoms with van der Waals surface area (Å²) in [6, 6.07) is 0. The summed E-state index contributed by atoms with van der Waals surface area (Å²) in [7, 11) is 0. The van der Waals surface area contributed by atoms with Gasteiger partial charge < -0.3 is 5.11 Å². The minimum absolute atomic E-state index is 0.146. The highest BCUT2D eigenvalue weighted by Crippen LogP contribution is 2.27. The topological polar surface area (TPSA) is 37.3 Å². The average molecular weight is 168 g/mol. The van der Waals surface area contributed by atoms with Crippen LogP contribution in [0.1, 0.15) is 39.5 Å². The Morgan fingerprint density at radius 3 is 2.92 bits per heavy atom. The molecule has 1 atom stereocenters. The Balaban J connectivity index is 2.80. The van der Waals surface area contributed by atoms with Gasteiger partial charge in [0.1, 0.15) is 0 Å². The standard InChI is InChI=1S/C10H16O2/c1-3-9(11)8-6-7(2)4-5-10(8)12/h7,11H,3-6H2,1-2H3. The number of allylic oxidation sites excluding steroid dienone is 2. The molecule has 0 aromatic rings. The van der Waals surface area contributed by atoms with E-state index < -0.39 is 0 Å². The van der Waals surface area contributed by atoms with Crippen molar-refractivity contribution in [1.82, 2.24) is 0 Å². The van der Waals surface area contributed by atoms with E-state index in [4.69, 9.17) is 0 Å². The molecule has 1 N–H and O–H groups in total. The second kappa shape index (κ2) is 3.74. The second-order valence-electron chi connectivity index (χ2n) is 3.55. The third-order valence-electron chi connectivity index (χ3n) is 2.44. The van der Waals surface area contributed by atoms with Crippen molar-refractivity contribution in [2.45, 2.75) is 39.5 Å². The Kier molecular flexibility index (Phi) is 2.90. The molecule has 1 aliphatic carbocycles.